The normalized spacial score (nSPS) is 25.6. The number of hydrogen-bond donors (Lipinski definition) is 1. The van der Waals surface area contributed by atoms with E-state index in [1.54, 1.807) is 12.1 Å². The fraction of sp³-hybridized carbons (Fsp3) is 0.435. The molecule has 0 radical (unpaired) electrons. The summed E-state index contributed by atoms with van der Waals surface area (Å²) in [5.41, 5.74) is 2.45. The summed E-state index contributed by atoms with van der Waals surface area (Å²) in [7, 11) is 0. The maximum absolute atomic E-state index is 14.3. The highest BCUT2D eigenvalue weighted by Crippen LogP contribution is 2.52. The molecule has 1 atom stereocenters. The van der Waals surface area contributed by atoms with E-state index in [0.717, 1.165) is 43.7 Å². The molecule has 1 aliphatic carbocycles. The van der Waals surface area contributed by atoms with Crippen molar-refractivity contribution in [2.75, 3.05) is 26.2 Å². The summed E-state index contributed by atoms with van der Waals surface area (Å²) in [6.45, 7) is 3.31. The van der Waals surface area contributed by atoms with E-state index in [1.807, 2.05) is 24.3 Å². The molecule has 3 aliphatic rings. The zero-order chi connectivity index (χ0) is 19.4. The zero-order valence-corrected chi connectivity index (χ0v) is 16.6. The molecule has 1 N–H and O–H groups in total. The Kier molecular flexibility index (Phi) is 4.34. The molecule has 2 fully saturated rings. The number of nitrogens with zero attached hydrogens (tertiary/aromatic N) is 1. The molecule has 2 aliphatic heterocycles. The van der Waals surface area contributed by atoms with E-state index >= 15 is 0 Å². The molecule has 5 heteroatoms. The molecule has 28 heavy (non-hydrogen) atoms. The number of piperidine rings is 1. The molecular formula is C23H25ClFN2O+. The van der Waals surface area contributed by atoms with E-state index in [-0.39, 0.29) is 21.6 Å². The molecule has 0 aromatic heterocycles. The molecule has 1 spiro atoms. The molecule has 1 amide bonds. The Labute approximate surface area is 170 Å². The highest BCUT2D eigenvalue weighted by Gasteiger charge is 2.59. The van der Waals surface area contributed by atoms with Gasteiger partial charge in [0.1, 0.15) is 18.0 Å². The van der Waals surface area contributed by atoms with Crippen LogP contribution in [0.5, 0.6) is 0 Å². The van der Waals surface area contributed by atoms with E-state index in [4.69, 9.17) is 11.6 Å². The highest BCUT2D eigenvalue weighted by atomic mass is 35.5. The fourth-order valence-electron chi connectivity index (χ4n) is 5.36. The van der Waals surface area contributed by atoms with Gasteiger partial charge in [0.05, 0.1) is 22.5 Å². The Hall–Kier alpha value is -1.75. The van der Waals surface area contributed by atoms with Crippen LogP contribution < -0.4 is 9.80 Å². The van der Waals surface area contributed by atoms with Crippen molar-refractivity contribution in [3.8, 4) is 0 Å². The van der Waals surface area contributed by atoms with Gasteiger partial charge in [-0.3, -0.25) is 0 Å². The van der Waals surface area contributed by atoms with Crippen molar-refractivity contribution in [3.05, 3.63) is 64.4 Å². The van der Waals surface area contributed by atoms with Crippen LogP contribution in [0.4, 0.5) is 10.1 Å². The van der Waals surface area contributed by atoms with E-state index in [0.29, 0.717) is 23.0 Å². The summed E-state index contributed by atoms with van der Waals surface area (Å²) in [4.78, 5) is 14.0. The molecule has 146 valence electrons. The van der Waals surface area contributed by atoms with Crippen molar-refractivity contribution < 1.29 is 9.18 Å². The van der Waals surface area contributed by atoms with Crippen LogP contribution >= 0.6 is 11.6 Å². The first-order chi connectivity index (χ1) is 13.5. The van der Waals surface area contributed by atoms with Gasteiger partial charge in [0.25, 0.3) is 0 Å². The minimum absolute atomic E-state index is 0.0563. The number of carbonyl (C=O) groups excluding carboxylic acids is 1. The standard InChI is InChI=1S/C23H25ClFN2O/c24-20-4-2-1-3-18(20)22(28)27(14-16-5-6-16)15-23(9-11-26-12-10-23)19-13-17(25)7-8-21(19)27/h1-4,7-8,13,16,26H,5-6,9-12,14-15H2/q+1. The van der Waals surface area contributed by atoms with Crippen molar-refractivity contribution in [1.82, 2.24) is 9.80 Å². The lowest BCUT2D eigenvalue weighted by molar-refractivity contribution is 0.0732. The third-order valence-corrected chi connectivity index (χ3v) is 7.21. The molecule has 2 aromatic carbocycles. The molecule has 2 aromatic rings. The fourth-order valence-corrected chi connectivity index (χ4v) is 5.58. The lowest BCUT2D eigenvalue weighted by atomic mass is 9.74. The molecule has 1 saturated heterocycles. The van der Waals surface area contributed by atoms with Gasteiger partial charge in [0.2, 0.25) is 0 Å². The van der Waals surface area contributed by atoms with Gasteiger partial charge < -0.3 is 5.32 Å². The third-order valence-electron chi connectivity index (χ3n) is 6.88. The number of quaternary nitrogens is 1. The zero-order valence-electron chi connectivity index (χ0n) is 15.9. The van der Waals surface area contributed by atoms with Gasteiger partial charge in [0.15, 0.2) is 0 Å². The monoisotopic (exact) mass is 399 g/mol. The van der Waals surface area contributed by atoms with Crippen LogP contribution in [0.1, 0.15) is 41.6 Å². The topological polar surface area (TPSA) is 29.1 Å². The van der Waals surface area contributed by atoms with Crippen LogP contribution in [0.2, 0.25) is 5.02 Å². The summed E-state index contributed by atoms with van der Waals surface area (Å²) in [5, 5.41) is 3.92. The number of halogens is 2. The number of hydrogen-bond acceptors (Lipinski definition) is 2. The lowest BCUT2D eigenvalue weighted by Crippen LogP contribution is -2.58. The van der Waals surface area contributed by atoms with Crippen molar-refractivity contribution in [2.24, 2.45) is 5.92 Å². The van der Waals surface area contributed by atoms with Gasteiger partial charge in [-0.15, -0.1) is 0 Å². The SMILES string of the molecule is O=C(c1ccccc1Cl)[N+]1(CC2CC2)CC2(CCNCC2)c2cc(F)ccc21. The Morgan fingerprint density at radius 1 is 1.18 bits per heavy atom. The number of rotatable bonds is 3. The molecule has 1 saturated carbocycles. The largest absolute Gasteiger partial charge is 0.352 e. The van der Waals surface area contributed by atoms with Crippen molar-refractivity contribution in [2.45, 2.75) is 31.1 Å². The summed E-state index contributed by atoms with van der Waals surface area (Å²) < 4.78 is 14.6. The van der Waals surface area contributed by atoms with Gasteiger partial charge in [-0.25, -0.2) is 13.7 Å². The third kappa shape index (κ3) is 2.81. The summed E-state index contributed by atoms with van der Waals surface area (Å²) in [6, 6.07) is 12.4. The average Bonchev–Trinajstić information content (AvgIpc) is 3.47. The second kappa shape index (κ2) is 6.65. The number of amides is 1. The van der Waals surface area contributed by atoms with Gasteiger partial charge in [-0.1, -0.05) is 23.7 Å². The van der Waals surface area contributed by atoms with Crippen LogP contribution in [0.25, 0.3) is 0 Å². The molecule has 0 bridgehead atoms. The quantitative estimate of drug-likeness (QED) is 0.760. The second-order valence-corrected chi connectivity index (χ2v) is 9.14. The van der Waals surface area contributed by atoms with Crippen LogP contribution in [-0.2, 0) is 5.41 Å². The summed E-state index contributed by atoms with van der Waals surface area (Å²) in [6.07, 6.45) is 4.20. The van der Waals surface area contributed by atoms with Crippen molar-refractivity contribution in [3.63, 3.8) is 0 Å². The lowest BCUT2D eigenvalue weighted by Gasteiger charge is -2.37. The Morgan fingerprint density at radius 2 is 1.93 bits per heavy atom. The summed E-state index contributed by atoms with van der Waals surface area (Å²) >= 11 is 6.44. The Balaban J connectivity index is 1.69. The van der Waals surface area contributed by atoms with E-state index in [9.17, 15) is 9.18 Å². The van der Waals surface area contributed by atoms with Crippen LogP contribution in [-0.4, -0.2) is 32.1 Å². The minimum atomic E-state index is -0.215. The summed E-state index contributed by atoms with van der Waals surface area (Å²) in [5.74, 6) is 0.398. The van der Waals surface area contributed by atoms with Crippen LogP contribution in [0, 0.1) is 11.7 Å². The number of carbonyl (C=O) groups is 1. The maximum atomic E-state index is 14.3. The van der Waals surface area contributed by atoms with Crippen molar-refractivity contribution in [1.29, 1.82) is 0 Å². The maximum Gasteiger partial charge on any atom is 0.352 e. The second-order valence-electron chi connectivity index (χ2n) is 8.73. The van der Waals surface area contributed by atoms with Gasteiger partial charge in [-0.05, 0) is 63.0 Å². The molecule has 1 unspecified atom stereocenters. The van der Waals surface area contributed by atoms with E-state index in [2.05, 4.69) is 5.32 Å². The molecule has 3 nitrogen and oxygen atoms in total. The van der Waals surface area contributed by atoms with Crippen LogP contribution in [0.15, 0.2) is 42.5 Å². The first kappa shape index (κ1) is 18.3. The van der Waals surface area contributed by atoms with Gasteiger partial charge in [-0.2, -0.15) is 0 Å². The first-order valence-corrected chi connectivity index (χ1v) is 10.6. The highest BCUT2D eigenvalue weighted by molar-refractivity contribution is 6.34. The predicted octanol–water partition coefficient (Wildman–Crippen LogP) is 4.67. The van der Waals surface area contributed by atoms with Crippen LogP contribution in [0.3, 0.4) is 0 Å². The van der Waals surface area contributed by atoms with E-state index < -0.39 is 0 Å². The van der Waals surface area contributed by atoms with Gasteiger partial charge >= 0.3 is 5.91 Å². The Bertz CT molecular complexity index is 936. The van der Waals surface area contributed by atoms with Crippen molar-refractivity contribution >= 4 is 23.2 Å². The molecule has 2 heterocycles. The number of nitrogens with one attached hydrogen (secondary N) is 1. The molecular weight excluding hydrogens is 375 g/mol. The average molecular weight is 400 g/mol. The predicted molar refractivity (Wildman–Crippen MR) is 110 cm³/mol. The van der Waals surface area contributed by atoms with Gasteiger partial charge in [0, 0.05) is 17.5 Å². The number of fused-ring (bicyclic) bond motifs is 2. The Morgan fingerprint density at radius 3 is 2.64 bits per heavy atom. The van der Waals surface area contributed by atoms with E-state index in [1.165, 1.54) is 18.9 Å². The first-order valence-electron chi connectivity index (χ1n) is 10.2. The number of benzene rings is 2. The molecule has 5 rings (SSSR count). The minimum Gasteiger partial charge on any atom is -0.317 e. The smallest absolute Gasteiger partial charge is 0.317 e.